The van der Waals surface area contributed by atoms with E-state index in [0.717, 1.165) is 0 Å². The number of hydrogen-bond acceptors (Lipinski definition) is 7. The van der Waals surface area contributed by atoms with Gasteiger partial charge in [-0.05, 0) is 48.0 Å². The number of phenols is 2. The number of ether oxygens (including phenoxy) is 1. The number of nitriles is 2. The van der Waals surface area contributed by atoms with Gasteiger partial charge in [0.2, 0.25) is 5.75 Å². The van der Waals surface area contributed by atoms with Gasteiger partial charge in [0.05, 0.1) is 11.1 Å². The van der Waals surface area contributed by atoms with Crippen molar-refractivity contribution in [1.29, 1.82) is 10.5 Å². The number of nitrogens with zero attached hydrogens (tertiary/aromatic N) is 2. The van der Waals surface area contributed by atoms with Gasteiger partial charge < -0.3 is 19.4 Å². The number of phenolic OH excluding ortho intramolecular Hbond substituents is 2. The lowest BCUT2D eigenvalue weighted by Crippen LogP contribution is -2.02. The molecule has 4 rings (SSSR count). The van der Waals surface area contributed by atoms with Crippen molar-refractivity contribution in [1.82, 2.24) is 0 Å². The summed E-state index contributed by atoms with van der Waals surface area (Å²) in [5.74, 6) is -0.201. The minimum absolute atomic E-state index is 0.0925. The van der Waals surface area contributed by atoms with Gasteiger partial charge in [-0.1, -0.05) is 18.2 Å². The third kappa shape index (κ3) is 3.17. The molecular formula is C23H12N2O5. The zero-order valence-corrected chi connectivity index (χ0v) is 15.3. The summed E-state index contributed by atoms with van der Waals surface area (Å²) < 4.78 is 10.9. The van der Waals surface area contributed by atoms with Crippen LogP contribution in [-0.4, -0.2) is 10.2 Å². The van der Waals surface area contributed by atoms with Gasteiger partial charge in [-0.15, -0.1) is 0 Å². The summed E-state index contributed by atoms with van der Waals surface area (Å²) in [6.45, 7) is 0. The third-order valence-electron chi connectivity index (χ3n) is 4.51. The second-order valence-electron chi connectivity index (χ2n) is 6.33. The van der Waals surface area contributed by atoms with Gasteiger partial charge in [-0.3, -0.25) is 0 Å². The highest BCUT2D eigenvalue weighted by Crippen LogP contribution is 2.34. The molecule has 0 spiro atoms. The summed E-state index contributed by atoms with van der Waals surface area (Å²) in [6.07, 6.45) is 0. The predicted molar refractivity (Wildman–Crippen MR) is 107 cm³/mol. The minimum Gasteiger partial charge on any atom is -0.504 e. The second kappa shape index (κ2) is 7.34. The van der Waals surface area contributed by atoms with E-state index in [1.165, 1.54) is 18.2 Å². The number of rotatable bonds is 3. The average Bonchev–Trinajstić information content (AvgIpc) is 2.77. The fraction of sp³-hybridized carbons (Fsp3) is 0. The van der Waals surface area contributed by atoms with Crippen LogP contribution in [0, 0.1) is 22.7 Å². The summed E-state index contributed by atoms with van der Waals surface area (Å²) in [5, 5.41) is 38.3. The largest absolute Gasteiger partial charge is 0.504 e. The van der Waals surface area contributed by atoms with E-state index in [9.17, 15) is 20.3 Å². The molecule has 0 atom stereocenters. The van der Waals surface area contributed by atoms with Gasteiger partial charge in [0.15, 0.2) is 11.3 Å². The molecule has 0 saturated heterocycles. The van der Waals surface area contributed by atoms with Crippen LogP contribution in [0.3, 0.4) is 0 Å². The van der Waals surface area contributed by atoms with Crippen molar-refractivity contribution >= 4 is 11.0 Å². The van der Waals surface area contributed by atoms with Gasteiger partial charge in [-0.25, -0.2) is 4.79 Å². The lowest BCUT2D eigenvalue weighted by atomic mass is 10.1. The molecule has 0 fully saturated rings. The highest BCUT2D eigenvalue weighted by atomic mass is 16.5. The maximum Gasteiger partial charge on any atom is 0.344 e. The van der Waals surface area contributed by atoms with Crippen LogP contribution in [-0.2, 0) is 0 Å². The Labute approximate surface area is 169 Å². The third-order valence-corrected chi connectivity index (χ3v) is 4.51. The molecule has 0 saturated carbocycles. The van der Waals surface area contributed by atoms with E-state index in [1.54, 1.807) is 42.5 Å². The molecule has 0 aliphatic rings. The Bertz CT molecular complexity index is 1420. The predicted octanol–water partition coefficient (Wildman–Crippen LogP) is 4.41. The molecule has 4 aromatic rings. The smallest absolute Gasteiger partial charge is 0.344 e. The first-order valence-electron chi connectivity index (χ1n) is 8.72. The summed E-state index contributed by atoms with van der Waals surface area (Å²) >= 11 is 0. The number of aromatic hydroxyl groups is 2. The topological polar surface area (TPSA) is 127 Å². The monoisotopic (exact) mass is 396 g/mol. The van der Waals surface area contributed by atoms with Crippen LogP contribution >= 0.6 is 0 Å². The Kier molecular flexibility index (Phi) is 4.55. The van der Waals surface area contributed by atoms with E-state index in [-0.39, 0.29) is 33.8 Å². The van der Waals surface area contributed by atoms with E-state index >= 15 is 0 Å². The number of hydrogen-bond donors (Lipinski definition) is 2. The Balaban J connectivity index is 1.69. The van der Waals surface area contributed by atoms with E-state index in [4.69, 9.17) is 14.4 Å². The van der Waals surface area contributed by atoms with Gasteiger partial charge in [0, 0.05) is 5.39 Å². The van der Waals surface area contributed by atoms with E-state index in [2.05, 4.69) is 0 Å². The standard InChI is InChI=1S/C23H12N2O5/c24-11-15-2-1-3-20(18(15)12-25)29-16-7-4-13(5-8-16)17-10-14-6-9-19(26)21(27)22(14)30-23(17)28/h1-10,26-27H. The van der Waals surface area contributed by atoms with Crippen LogP contribution in [0.15, 0.2) is 69.9 Å². The van der Waals surface area contributed by atoms with Crippen LogP contribution in [0.1, 0.15) is 11.1 Å². The summed E-state index contributed by atoms with van der Waals surface area (Å²) in [4.78, 5) is 12.4. The van der Waals surface area contributed by atoms with Crippen molar-refractivity contribution in [2.45, 2.75) is 0 Å². The number of benzene rings is 3. The van der Waals surface area contributed by atoms with Crippen molar-refractivity contribution < 1.29 is 19.4 Å². The number of fused-ring (bicyclic) bond motifs is 1. The Morgan fingerprint density at radius 1 is 0.933 bits per heavy atom. The SMILES string of the molecule is N#Cc1cccc(Oc2ccc(-c3cc4ccc(O)c(O)c4oc3=O)cc2)c1C#N. The van der Waals surface area contributed by atoms with E-state index < -0.39 is 11.4 Å². The van der Waals surface area contributed by atoms with E-state index in [1.807, 2.05) is 12.1 Å². The molecule has 1 aromatic heterocycles. The lowest BCUT2D eigenvalue weighted by Gasteiger charge is -2.09. The first-order chi connectivity index (χ1) is 14.5. The molecule has 2 N–H and O–H groups in total. The highest BCUT2D eigenvalue weighted by Gasteiger charge is 2.14. The van der Waals surface area contributed by atoms with Crippen molar-refractivity contribution in [2.75, 3.05) is 0 Å². The van der Waals surface area contributed by atoms with Gasteiger partial charge in [0.1, 0.15) is 29.2 Å². The first-order valence-corrected chi connectivity index (χ1v) is 8.72. The molecule has 0 aliphatic carbocycles. The molecule has 0 amide bonds. The minimum atomic E-state index is -0.675. The zero-order valence-electron chi connectivity index (χ0n) is 15.3. The van der Waals surface area contributed by atoms with Gasteiger partial charge >= 0.3 is 5.63 Å². The molecule has 144 valence electrons. The quantitative estimate of drug-likeness (QED) is 0.388. The fourth-order valence-corrected chi connectivity index (χ4v) is 3.01. The lowest BCUT2D eigenvalue weighted by molar-refractivity contribution is 0.398. The van der Waals surface area contributed by atoms with Crippen LogP contribution < -0.4 is 10.4 Å². The van der Waals surface area contributed by atoms with Crippen LogP contribution in [0.5, 0.6) is 23.0 Å². The molecule has 1 heterocycles. The van der Waals surface area contributed by atoms with E-state index in [0.29, 0.717) is 16.7 Å². The maximum atomic E-state index is 12.4. The van der Waals surface area contributed by atoms with Gasteiger partial charge in [-0.2, -0.15) is 10.5 Å². The molecular weight excluding hydrogens is 384 g/mol. The Morgan fingerprint density at radius 2 is 1.70 bits per heavy atom. The van der Waals surface area contributed by atoms with Crippen LogP contribution in [0.25, 0.3) is 22.1 Å². The second-order valence-corrected chi connectivity index (χ2v) is 6.33. The van der Waals surface area contributed by atoms with Crippen molar-refractivity contribution in [3.8, 4) is 46.3 Å². The van der Waals surface area contributed by atoms with Crippen molar-refractivity contribution in [3.63, 3.8) is 0 Å². The summed E-state index contributed by atoms with van der Waals surface area (Å²) in [7, 11) is 0. The van der Waals surface area contributed by atoms with Crippen LogP contribution in [0.4, 0.5) is 0 Å². The molecule has 0 aliphatic heterocycles. The molecule has 30 heavy (non-hydrogen) atoms. The molecule has 7 nitrogen and oxygen atoms in total. The van der Waals surface area contributed by atoms with Gasteiger partial charge in [0.25, 0.3) is 0 Å². The molecule has 7 heteroatoms. The van der Waals surface area contributed by atoms with Crippen molar-refractivity contribution in [3.05, 3.63) is 82.2 Å². The summed E-state index contributed by atoms with van der Waals surface area (Å²) in [5.41, 5.74) is 0.410. The molecule has 0 radical (unpaired) electrons. The average molecular weight is 396 g/mol. The normalized spacial score (nSPS) is 10.3. The van der Waals surface area contributed by atoms with Crippen molar-refractivity contribution in [2.24, 2.45) is 0 Å². The highest BCUT2D eigenvalue weighted by molar-refractivity contribution is 5.87. The summed E-state index contributed by atoms with van der Waals surface area (Å²) in [6, 6.07) is 19.6. The van der Waals surface area contributed by atoms with Crippen LogP contribution in [0.2, 0.25) is 0 Å². The molecule has 0 unspecified atom stereocenters. The maximum absolute atomic E-state index is 12.4. The Morgan fingerprint density at radius 3 is 2.40 bits per heavy atom. The molecule has 3 aromatic carbocycles. The molecule has 0 bridgehead atoms. The Hall–Kier alpha value is -4.75. The fourth-order valence-electron chi connectivity index (χ4n) is 3.01. The zero-order chi connectivity index (χ0) is 21.3. The first kappa shape index (κ1) is 18.6.